The summed E-state index contributed by atoms with van der Waals surface area (Å²) in [7, 11) is 0. The van der Waals surface area contributed by atoms with Crippen molar-refractivity contribution in [1.29, 1.82) is 0 Å². The highest BCUT2D eigenvalue weighted by Gasteiger charge is 2.41. The average Bonchev–Trinajstić information content (AvgIpc) is 3.86. The van der Waals surface area contributed by atoms with Crippen molar-refractivity contribution in [3.63, 3.8) is 0 Å². The second-order valence-electron chi connectivity index (χ2n) is 15.1. The Morgan fingerprint density at radius 3 is 1.84 bits per heavy atom. The maximum atomic E-state index is 16.0. The van der Waals surface area contributed by atoms with E-state index in [1.165, 1.54) is 11.6 Å². The lowest BCUT2D eigenvalue weighted by Gasteiger charge is -2.23. The fourth-order valence-corrected chi connectivity index (χ4v) is 9.00. The number of fused-ring (bicyclic) bond motifs is 10. The minimum absolute atomic E-state index is 0.0856. The third-order valence-corrected chi connectivity index (χ3v) is 11.4. The first-order valence-corrected chi connectivity index (χ1v) is 18.8. The van der Waals surface area contributed by atoms with E-state index in [1.54, 1.807) is 10.6 Å². The summed E-state index contributed by atoms with van der Waals surface area (Å²) >= 11 is 0. The van der Waals surface area contributed by atoms with Crippen molar-refractivity contribution in [1.82, 2.24) is 19.5 Å². The highest BCUT2D eigenvalue weighted by molar-refractivity contribution is 6.18. The van der Waals surface area contributed by atoms with E-state index in [0.717, 1.165) is 27.5 Å². The second kappa shape index (κ2) is 12.0. The van der Waals surface area contributed by atoms with E-state index in [0.29, 0.717) is 50.2 Å². The molecule has 0 spiro atoms. The Bertz CT molecular complexity index is 3200. The average molecular weight is 749 g/mol. The molecule has 1 aliphatic carbocycles. The van der Waals surface area contributed by atoms with Gasteiger partial charge in [-0.25, -0.2) is 15.0 Å². The van der Waals surface area contributed by atoms with Gasteiger partial charge in [0, 0.05) is 43.7 Å². The van der Waals surface area contributed by atoms with Crippen LogP contribution in [0.1, 0.15) is 30.5 Å². The number of alkyl halides is 3. The van der Waals surface area contributed by atoms with Crippen LogP contribution in [0.5, 0.6) is 0 Å². The standard InChI is InChI=1S/C49H31F3N4O/c1-48(2)35-22-12-9-19-30(35)31-25-26-38-41(42(31)48)32-20-10-13-23-37(32)56(38)43-36(49(50,51)52)27-34(40-33-21-11-14-24-39(33)57-44(40)43)47-54-45(28-15-5-3-6-16-28)53-46(55-47)29-17-7-4-8-18-29/h3-27H,1-2H3. The maximum Gasteiger partial charge on any atom is 0.418 e. The quantitative estimate of drug-likeness (QED) is 0.180. The third kappa shape index (κ3) is 4.86. The van der Waals surface area contributed by atoms with Crippen LogP contribution in [0.3, 0.4) is 0 Å². The number of benzene rings is 7. The van der Waals surface area contributed by atoms with Gasteiger partial charge in [-0.1, -0.05) is 141 Å². The summed E-state index contributed by atoms with van der Waals surface area (Å²) in [6.45, 7) is 4.39. The summed E-state index contributed by atoms with van der Waals surface area (Å²) in [6, 6.07) is 47.4. The van der Waals surface area contributed by atoms with Gasteiger partial charge in [-0.15, -0.1) is 0 Å². The highest BCUT2D eigenvalue weighted by atomic mass is 19.4. The Labute approximate surface area is 324 Å². The number of furan rings is 1. The minimum atomic E-state index is -4.81. The Balaban J connectivity index is 1.28. The monoisotopic (exact) mass is 748 g/mol. The van der Waals surface area contributed by atoms with Crippen molar-refractivity contribution in [2.45, 2.75) is 25.4 Å². The van der Waals surface area contributed by atoms with E-state index in [4.69, 9.17) is 19.4 Å². The number of rotatable bonds is 4. The van der Waals surface area contributed by atoms with Gasteiger partial charge in [-0.2, -0.15) is 13.2 Å². The molecule has 0 N–H and O–H groups in total. The number of hydrogen-bond donors (Lipinski definition) is 0. The van der Waals surface area contributed by atoms with Crippen molar-refractivity contribution in [3.05, 3.63) is 168 Å². The molecule has 0 amide bonds. The molecular formula is C49H31F3N4O. The van der Waals surface area contributed by atoms with Gasteiger partial charge in [0.1, 0.15) is 11.3 Å². The molecule has 0 unspecified atom stereocenters. The molecule has 57 heavy (non-hydrogen) atoms. The summed E-state index contributed by atoms with van der Waals surface area (Å²) < 4.78 is 56.4. The zero-order valence-electron chi connectivity index (χ0n) is 30.8. The molecule has 1 aliphatic rings. The molecular weight excluding hydrogens is 718 g/mol. The number of halogens is 3. The van der Waals surface area contributed by atoms with Gasteiger partial charge >= 0.3 is 6.18 Å². The third-order valence-electron chi connectivity index (χ3n) is 11.4. The Hall–Kier alpha value is -7.06. The normalized spacial score (nSPS) is 13.5. The fraction of sp³-hybridized carbons (Fsp3) is 0.0816. The number of aromatic nitrogens is 4. The van der Waals surface area contributed by atoms with Crippen LogP contribution in [-0.4, -0.2) is 19.5 Å². The first-order chi connectivity index (χ1) is 27.7. The molecule has 3 aromatic heterocycles. The van der Waals surface area contributed by atoms with Gasteiger partial charge in [-0.05, 0) is 46.5 Å². The van der Waals surface area contributed by atoms with Crippen LogP contribution in [0.2, 0.25) is 0 Å². The van der Waals surface area contributed by atoms with Gasteiger partial charge in [0.15, 0.2) is 23.1 Å². The SMILES string of the molecule is CC1(C)c2ccccc2-c2ccc3c(c21)c1ccccc1n3-c1c(C(F)(F)F)cc(-c2nc(-c3ccccc3)nc(-c3ccccc3)n2)c2c1oc1ccccc12. The minimum Gasteiger partial charge on any atom is -0.454 e. The predicted molar refractivity (Wildman–Crippen MR) is 220 cm³/mol. The second-order valence-corrected chi connectivity index (χ2v) is 15.1. The van der Waals surface area contributed by atoms with Gasteiger partial charge < -0.3 is 8.98 Å². The number of nitrogens with zero attached hydrogens (tertiary/aromatic N) is 4. The summed E-state index contributed by atoms with van der Waals surface area (Å²) in [5, 5.41) is 2.92. The van der Waals surface area contributed by atoms with Crippen molar-refractivity contribution in [2.75, 3.05) is 0 Å². The molecule has 0 bridgehead atoms. The smallest absolute Gasteiger partial charge is 0.418 e. The van der Waals surface area contributed by atoms with Crippen molar-refractivity contribution >= 4 is 43.7 Å². The molecule has 0 atom stereocenters. The summed E-state index contributed by atoms with van der Waals surface area (Å²) in [4.78, 5) is 14.6. The van der Waals surface area contributed by atoms with Crippen molar-refractivity contribution < 1.29 is 17.6 Å². The topological polar surface area (TPSA) is 56.7 Å². The molecule has 0 radical (unpaired) electrons. The molecule has 0 saturated carbocycles. The first kappa shape index (κ1) is 33.3. The number of para-hydroxylation sites is 2. The Morgan fingerprint density at radius 2 is 1.14 bits per heavy atom. The lowest BCUT2D eigenvalue weighted by atomic mass is 9.80. The van der Waals surface area contributed by atoms with Gasteiger partial charge in [-0.3, -0.25) is 0 Å². The van der Waals surface area contributed by atoms with Gasteiger partial charge in [0.05, 0.1) is 16.6 Å². The molecule has 5 nitrogen and oxygen atoms in total. The number of hydrogen-bond acceptors (Lipinski definition) is 4. The van der Waals surface area contributed by atoms with E-state index >= 15 is 13.2 Å². The molecule has 8 heteroatoms. The largest absolute Gasteiger partial charge is 0.454 e. The van der Waals surface area contributed by atoms with Crippen LogP contribution in [0.15, 0.2) is 156 Å². The first-order valence-electron chi connectivity index (χ1n) is 18.8. The lowest BCUT2D eigenvalue weighted by Crippen LogP contribution is -2.15. The van der Waals surface area contributed by atoms with Gasteiger partial charge in [0.2, 0.25) is 0 Å². The lowest BCUT2D eigenvalue weighted by molar-refractivity contribution is -0.137. The van der Waals surface area contributed by atoms with Crippen LogP contribution >= 0.6 is 0 Å². The van der Waals surface area contributed by atoms with Crippen LogP contribution in [-0.2, 0) is 11.6 Å². The molecule has 11 rings (SSSR count). The Kier molecular flexibility index (Phi) is 6.99. The van der Waals surface area contributed by atoms with Crippen molar-refractivity contribution in [3.8, 4) is 51.0 Å². The maximum absolute atomic E-state index is 16.0. The van der Waals surface area contributed by atoms with E-state index in [2.05, 4.69) is 32.0 Å². The van der Waals surface area contributed by atoms with E-state index in [9.17, 15) is 0 Å². The molecule has 0 aliphatic heterocycles. The zero-order valence-corrected chi connectivity index (χ0v) is 30.8. The summed E-state index contributed by atoms with van der Waals surface area (Å²) in [5.74, 6) is 0.798. The van der Waals surface area contributed by atoms with E-state index in [1.807, 2.05) is 121 Å². The molecule has 10 aromatic rings. The van der Waals surface area contributed by atoms with Crippen LogP contribution in [0.4, 0.5) is 13.2 Å². The highest BCUT2D eigenvalue weighted by Crippen LogP contribution is 2.54. The summed E-state index contributed by atoms with van der Waals surface area (Å²) in [5.41, 5.74) is 6.61. The zero-order chi connectivity index (χ0) is 38.6. The fourth-order valence-electron chi connectivity index (χ4n) is 9.00. The van der Waals surface area contributed by atoms with E-state index < -0.39 is 17.2 Å². The molecule has 274 valence electrons. The predicted octanol–water partition coefficient (Wildman–Crippen LogP) is 13.2. The van der Waals surface area contributed by atoms with Gasteiger partial charge in [0.25, 0.3) is 0 Å². The summed E-state index contributed by atoms with van der Waals surface area (Å²) in [6.07, 6.45) is -4.81. The van der Waals surface area contributed by atoms with Crippen molar-refractivity contribution in [2.24, 2.45) is 0 Å². The molecule has 0 fully saturated rings. The molecule has 3 heterocycles. The van der Waals surface area contributed by atoms with Crippen LogP contribution < -0.4 is 0 Å². The van der Waals surface area contributed by atoms with Crippen LogP contribution in [0.25, 0.3) is 94.7 Å². The van der Waals surface area contributed by atoms with E-state index in [-0.39, 0.29) is 22.7 Å². The Morgan fingerprint density at radius 1 is 0.544 bits per heavy atom. The van der Waals surface area contributed by atoms with Crippen LogP contribution in [0, 0.1) is 0 Å². The molecule has 7 aromatic carbocycles. The molecule has 0 saturated heterocycles.